The van der Waals surface area contributed by atoms with Crippen molar-refractivity contribution in [1.29, 1.82) is 0 Å². The molecule has 0 spiro atoms. The van der Waals surface area contributed by atoms with Crippen LogP contribution >= 0.6 is 0 Å². The summed E-state index contributed by atoms with van der Waals surface area (Å²) in [6, 6.07) is 0.258. The van der Waals surface area contributed by atoms with Gasteiger partial charge in [-0.3, -0.25) is 4.79 Å². The molecule has 1 aromatic rings. The Labute approximate surface area is 131 Å². The van der Waals surface area contributed by atoms with E-state index in [0.717, 1.165) is 37.5 Å². The molecular formula is C16H26N4O2. The average molecular weight is 306 g/mol. The predicted octanol–water partition coefficient (Wildman–Crippen LogP) is 2.17. The van der Waals surface area contributed by atoms with Crippen molar-refractivity contribution in [2.45, 2.75) is 57.6 Å². The number of hydrogen-bond acceptors (Lipinski definition) is 4. The standard InChI is InChI=1S/C16H26N4O2/c1-22-12-14-10-20(18-17-14)15-8-9-19(11-15)16(21)7-6-13-4-2-3-5-13/h10,13,15H,2-9,11-12H2,1H3. The number of aromatic nitrogens is 3. The van der Waals surface area contributed by atoms with Crippen LogP contribution in [0.25, 0.3) is 0 Å². The molecule has 0 aromatic carbocycles. The summed E-state index contributed by atoms with van der Waals surface area (Å²) >= 11 is 0. The molecule has 2 aliphatic rings. The fraction of sp³-hybridized carbons (Fsp3) is 0.812. The summed E-state index contributed by atoms with van der Waals surface area (Å²) in [7, 11) is 1.65. The molecule has 1 amide bonds. The molecule has 2 fully saturated rings. The average Bonchev–Trinajstić information content (AvgIpc) is 3.25. The van der Waals surface area contributed by atoms with Gasteiger partial charge < -0.3 is 9.64 Å². The van der Waals surface area contributed by atoms with Gasteiger partial charge in [-0.1, -0.05) is 30.9 Å². The van der Waals surface area contributed by atoms with E-state index in [0.29, 0.717) is 18.9 Å². The van der Waals surface area contributed by atoms with Gasteiger partial charge in [-0.15, -0.1) is 5.10 Å². The Morgan fingerprint density at radius 2 is 2.18 bits per heavy atom. The Bertz CT molecular complexity index is 496. The highest BCUT2D eigenvalue weighted by atomic mass is 16.5. The molecule has 6 nitrogen and oxygen atoms in total. The molecule has 6 heteroatoms. The molecule has 0 bridgehead atoms. The van der Waals surface area contributed by atoms with Gasteiger partial charge in [-0.05, 0) is 18.8 Å². The Morgan fingerprint density at radius 3 is 2.95 bits per heavy atom. The summed E-state index contributed by atoms with van der Waals surface area (Å²) in [4.78, 5) is 14.3. The smallest absolute Gasteiger partial charge is 0.222 e. The zero-order valence-electron chi connectivity index (χ0n) is 13.4. The molecule has 0 radical (unpaired) electrons. The number of carbonyl (C=O) groups is 1. The first-order chi connectivity index (χ1) is 10.8. The molecular weight excluding hydrogens is 280 g/mol. The number of ether oxygens (including phenoxy) is 1. The normalized spacial score (nSPS) is 22.6. The summed E-state index contributed by atoms with van der Waals surface area (Å²) in [6.07, 6.45) is 10.0. The third-order valence-corrected chi connectivity index (χ3v) is 4.98. The third-order valence-electron chi connectivity index (χ3n) is 4.98. The Morgan fingerprint density at radius 1 is 1.36 bits per heavy atom. The lowest BCUT2D eigenvalue weighted by molar-refractivity contribution is -0.130. The highest BCUT2D eigenvalue weighted by Gasteiger charge is 2.28. The van der Waals surface area contributed by atoms with Gasteiger partial charge in [0.25, 0.3) is 0 Å². The van der Waals surface area contributed by atoms with Crippen LogP contribution in [0.5, 0.6) is 0 Å². The van der Waals surface area contributed by atoms with Crippen LogP contribution in [0, 0.1) is 5.92 Å². The van der Waals surface area contributed by atoms with Gasteiger partial charge in [0, 0.05) is 26.6 Å². The van der Waals surface area contributed by atoms with E-state index >= 15 is 0 Å². The van der Waals surface area contributed by atoms with Crippen LogP contribution in [0.15, 0.2) is 6.20 Å². The van der Waals surface area contributed by atoms with E-state index in [1.165, 1.54) is 25.7 Å². The second-order valence-corrected chi connectivity index (χ2v) is 6.59. The van der Waals surface area contributed by atoms with Crippen LogP contribution in [0.1, 0.15) is 56.7 Å². The fourth-order valence-electron chi connectivity index (χ4n) is 3.67. The minimum atomic E-state index is 0.258. The van der Waals surface area contributed by atoms with Crippen molar-refractivity contribution in [2.24, 2.45) is 5.92 Å². The Kier molecular flexibility index (Phi) is 5.08. The summed E-state index contributed by atoms with van der Waals surface area (Å²) in [5.74, 6) is 1.10. The van der Waals surface area contributed by atoms with Crippen LogP contribution < -0.4 is 0 Å². The highest BCUT2D eigenvalue weighted by molar-refractivity contribution is 5.76. The first-order valence-electron chi connectivity index (χ1n) is 8.43. The molecule has 0 N–H and O–H groups in total. The molecule has 3 rings (SSSR count). The van der Waals surface area contributed by atoms with Crippen molar-refractivity contribution in [3.8, 4) is 0 Å². The molecule has 1 aromatic heterocycles. The van der Waals surface area contributed by atoms with E-state index in [9.17, 15) is 4.79 Å². The number of nitrogens with zero attached hydrogens (tertiary/aromatic N) is 4. The van der Waals surface area contributed by atoms with E-state index in [1.54, 1.807) is 7.11 Å². The lowest BCUT2D eigenvalue weighted by Gasteiger charge is -2.17. The number of carbonyl (C=O) groups excluding carboxylic acids is 1. The van der Waals surface area contributed by atoms with Crippen molar-refractivity contribution >= 4 is 5.91 Å². The maximum Gasteiger partial charge on any atom is 0.222 e. The predicted molar refractivity (Wildman–Crippen MR) is 82.2 cm³/mol. The van der Waals surface area contributed by atoms with E-state index in [-0.39, 0.29) is 6.04 Å². The fourth-order valence-corrected chi connectivity index (χ4v) is 3.67. The second kappa shape index (κ2) is 7.22. The van der Waals surface area contributed by atoms with Crippen LogP contribution in [0.3, 0.4) is 0 Å². The number of likely N-dealkylation sites (tertiary alicyclic amines) is 1. The quantitative estimate of drug-likeness (QED) is 0.808. The molecule has 1 aliphatic carbocycles. The lowest BCUT2D eigenvalue weighted by atomic mass is 10.0. The van der Waals surface area contributed by atoms with Gasteiger partial charge in [-0.25, -0.2) is 4.68 Å². The number of rotatable bonds is 6. The van der Waals surface area contributed by atoms with Gasteiger partial charge in [0.15, 0.2) is 0 Å². The first kappa shape index (κ1) is 15.5. The molecule has 2 heterocycles. The van der Waals surface area contributed by atoms with Crippen LogP contribution in [-0.2, 0) is 16.1 Å². The van der Waals surface area contributed by atoms with Crippen molar-refractivity contribution < 1.29 is 9.53 Å². The van der Waals surface area contributed by atoms with Gasteiger partial charge in [0.1, 0.15) is 5.69 Å². The summed E-state index contributed by atoms with van der Waals surface area (Å²) in [5.41, 5.74) is 0.841. The van der Waals surface area contributed by atoms with Gasteiger partial charge in [0.2, 0.25) is 5.91 Å². The number of methoxy groups -OCH3 is 1. The Hall–Kier alpha value is -1.43. The van der Waals surface area contributed by atoms with Gasteiger partial charge in [-0.2, -0.15) is 0 Å². The van der Waals surface area contributed by atoms with Gasteiger partial charge in [0.05, 0.1) is 18.8 Å². The molecule has 1 saturated carbocycles. The molecule has 122 valence electrons. The molecule has 1 atom stereocenters. The van der Waals surface area contributed by atoms with E-state index < -0.39 is 0 Å². The van der Waals surface area contributed by atoms with Crippen LogP contribution in [0.4, 0.5) is 0 Å². The zero-order valence-corrected chi connectivity index (χ0v) is 13.4. The van der Waals surface area contributed by atoms with E-state index in [2.05, 4.69) is 10.3 Å². The summed E-state index contributed by atoms with van der Waals surface area (Å²) < 4.78 is 6.95. The topological polar surface area (TPSA) is 60.2 Å². The van der Waals surface area contributed by atoms with E-state index in [1.807, 2.05) is 15.8 Å². The number of hydrogen-bond donors (Lipinski definition) is 0. The zero-order chi connectivity index (χ0) is 15.4. The third kappa shape index (κ3) is 3.66. The number of amides is 1. The summed E-state index contributed by atoms with van der Waals surface area (Å²) in [6.45, 7) is 2.09. The second-order valence-electron chi connectivity index (χ2n) is 6.59. The van der Waals surface area contributed by atoms with Crippen LogP contribution in [0.2, 0.25) is 0 Å². The first-order valence-corrected chi connectivity index (χ1v) is 8.43. The highest BCUT2D eigenvalue weighted by Crippen LogP contribution is 2.29. The molecule has 1 saturated heterocycles. The van der Waals surface area contributed by atoms with E-state index in [4.69, 9.17) is 4.74 Å². The lowest BCUT2D eigenvalue weighted by Crippen LogP contribution is -2.29. The van der Waals surface area contributed by atoms with Gasteiger partial charge >= 0.3 is 0 Å². The SMILES string of the molecule is COCc1cn(C2CCN(C(=O)CCC3CCCC3)C2)nn1. The molecule has 1 unspecified atom stereocenters. The van der Waals surface area contributed by atoms with Crippen molar-refractivity contribution in [3.05, 3.63) is 11.9 Å². The van der Waals surface area contributed by atoms with Crippen molar-refractivity contribution in [3.63, 3.8) is 0 Å². The Balaban J connectivity index is 1.47. The minimum absolute atomic E-state index is 0.258. The maximum absolute atomic E-state index is 12.3. The summed E-state index contributed by atoms with van der Waals surface area (Å²) in [5, 5.41) is 8.26. The molecule has 1 aliphatic heterocycles. The van der Waals surface area contributed by atoms with Crippen LogP contribution in [-0.4, -0.2) is 46.0 Å². The van der Waals surface area contributed by atoms with Crippen molar-refractivity contribution in [1.82, 2.24) is 19.9 Å². The monoisotopic (exact) mass is 306 g/mol. The molecule has 22 heavy (non-hydrogen) atoms. The maximum atomic E-state index is 12.3. The largest absolute Gasteiger partial charge is 0.378 e. The van der Waals surface area contributed by atoms with Crippen molar-refractivity contribution in [2.75, 3.05) is 20.2 Å². The minimum Gasteiger partial charge on any atom is -0.378 e.